The van der Waals surface area contributed by atoms with Gasteiger partial charge in [0.25, 0.3) is 0 Å². The molecular weight excluding hydrogens is 182 g/mol. The number of benzene rings is 1. The Morgan fingerprint density at radius 1 is 1.13 bits per heavy atom. The molecule has 0 aliphatic rings. The first-order chi connectivity index (χ1) is 6.97. The van der Waals surface area contributed by atoms with Crippen LogP contribution in [0.5, 0.6) is 0 Å². The summed E-state index contributed by atoms with van der Waals surface area (Å²) in [4.78, 5) is 0. The molecule has 1 nitrogen and oxygen atoms in total. The Labute approximate surface area is 93.7 Å². The fourth-order valence-electron chi connectivity index (χ4n) is 1.89. The largest absolute Gasteiger partial charge is 0.330 e. The summed E-state index contributed by atoms with van der Waals surface area (Å²) in [5, 5.41) is 0. The van der Waals surface area contributed by atoms with Crippen LogP contribution in [0.3, 0.4) is 0 Å². The van der Waals surface area contributed by atoms with Crippen molar-refractivity contribution in [1.82, 2.24) is 0 Å². The molecule has 2 N–H and O–H groups in total. The van der Waals surface area contributed by atoms with Crippen LogP contribution in [0.1, 0.15) is 54.9 Å². The van der Waals surface area contributed by atoms with Crippen LogP contribution < -0.4 is 5.73 Å². The molecule has 1 aromatic rings. The highest BCUT2D eigenvalue weighted by Gasteiger charge is 2.11. The van der Waals surface area contributed by atoms with E-state index < -0.39 is 0 Å². The Kier molecular flexibility index (Phi) is 3.92. The molecule has 1 unspecified atom stereocenters. The predicted molar refractivity (Wildman–Crippen MR) is 67.5 cm³/mol. The van der Waals surface area contributed by atoms with Crippen molar-refractivity contribution in [3.63, 3.8) is 0 Å². The van der Waals surface area contributed by atoms with Crippen LogP contribution in [0.15, 0.2) is 12.1 Å². The minimum absolute atomic E-state index is 0.461. The van der Waals surface area contributed by atoms with E-state index in [1.54, 1.807) is 0 Å². The van der Waals surface area contributed by atoms with E-state index in [0.717, 1.165) is 6.54 Å². The van der Waals surface area contributed by atoms with Gasteiger partial charge in [0.15, 0.2) is 0 Å². The minimum atomic E-state index is 0.461. The monoisotopic (exact) mass is 205 g/mol. The molecule has 0 bridgehead atoms. The molecule has 0 spiro atoms. The number of nitrogens with two attached hydrogens (primary N) is 1. The fourth-order valence-corrected chi connectivity index (χ4v) is 1.89. The van der Waals surface area contributed by atoms with Gasteiger partial charge in [-0.2, -0.15) is 0 Å². The van der Waals surface area contributed by atoms with Gasteiger partial charge in [-0.15, -0.1) is 0 Å². The van der Waals surface area contributed by atoms with Crippen LogP contribution in [-0.2, 0) is 0 Å². The molecule has 1 rings (SSSR count). The van der Waals surface area contributed by atoms with Crippen molar-refractivity contribution in [3.8, 4) is 0 Å². The van der Waals surface area contributed by atoms with Crippen molar-refractivity contribution in [2.45, 2.75) is 46.5 Å². The Morgan fingerprint density at radius 3 is 2.20 bits per heavy atom. The van der Waals surface area contributed by atoms with Crippen molar-refractivity contribution in [1.29, 1.82) is 0 Å². The van der Waals surface area contributed by atoms with Crippen molar-refractivity contribution in [2.24, 2.45) is 5.73 Å². The Balaban J connectivity index is 3.25. The molecular formula is C14H23N. The Morgan fingerprint density at radius 2 is 1.73 bits per heavy atom. The summed E-state index contributed by atoms with van der Waals surface area (Å²) in [6, 6.07) is 4.62. The quantitative estimate of drug-likeness (QED) is 0.803. The van der Waals surface area contributed by atoms with Gasteiger partial charge in [0.1, 0.15) is 0 Å². The average molecular weight is 205 g/mol. The van der Waals surface area contributed by atoms with Crippen LogP contribution in [0.25, 0.3) is 0 Å². The lowest BCUT2D eigenvalue weighted by Crippen LogP contribution is -2.11. The van der Waals surface area contributed by atoms with Gasteiger partial charge in [0, 0.05) is 0 Å². The van der Waals surface area contributed by atoms with Crippen molar-refractivity contribution < 1.29 is 0 Å². The Bertz CT molecular complexity index is 339. The van der Waals surface area contributed by atoms with E-state index in [9.17, 15) is 0 Å². The normalized spacial score (nSPS) is 13.3. The highest BCUT2D eigenvalue weighted by molar-refractivity contribution is 5.40. The van der Waals surface area contributed by atoms with Crippen molar-refractivity contribution in [2.75, 3.05) is 6.54 Å². The third kappa shape index (κ3) is 2.60. The molecule has 15 heavy (non-hydrogen) atoms. The Hall–Kier alpha value is -0.820. The molecule has 1 heteroatoms. The molecule has 0 amide bonds. The lowest BCUT2D eigenvalue weighted by molar-refractivity contribution is 0.758. The van der Waals surface area contributed by atoms with Crippen molar-refractivity contribution in [3.05, 3.63) is 34.4 Å². The first-order valence-electron chi connectivity index (χ1n) is 5.78. The zero-order valence-corrected chi connectivity index (χ0v) is 10.6. The molecule has 1 atom stereocenters. The fraction of sp³-hybridized carbons (Fsp3) is 0.571. The number of rotatable bonds is 3. The van der Waals surface area contributed by atoms with E-state index in [0.29, 0.717) is 11.8 Å². The van der Waals surface area contributed by atoms with Gasteiger partial charge in [0.05, 0.1) is 0 Å². The van der Waals surface area contributed by atoms with Gasteiger partial charge < -0.3 is 5.73 Å². The summed E-state index contributed by atoms with van der Waals surface area (Å²) in [6.07, 6.45) is 0. The molecule has 0 fully saturated rings. The molecule has 0 heterocycles. The number of hydrogen-bond donors (Lipinski definition) is 1. The molecule has 0 aromatic heterocycles. The predicted octanol–water partition coefficient (Wildman–Crippen LogP) is 3.49. The molecule has 84 valence electrons. The molecule has 0 aliphatic heterocycles. The van der Waals surface area contributed by atoms with Crippen LogP contribution in [-0.4, -0.2) is 6.54 Å². The standard InChI is InChI=1S/C14H23N/c1-9(2)13-6-10(3)12(5)14(7-13)11(4)8-15/h6-7,9,11H,8,15H2,1-5H3. The third-order valence-electron chi connectivity index (χ3n) is 3.28. The van der Waals surface area contributed by atoms with Gasteiger partial charge in [0.2, 0.25) is 0 Å². The van der Waals surface area contributed by atoms with E-state index in [1.807, 2.05) is 0 Å². The summed E-state index contributed by atoms with van der Waals surface area (Å²) in [5.74, 6) is 1.05. The van der Waals surface area contributed by atoms with Gasteiger partial charge in [-0.3, -0.25) is 0 Å². The van der Waals surface area contributed by atoms with Crippen LogP contribution in [0.2, 0.25) is 0 Å². The van der Waals surface area contributed by atoms with Gasteiger partial charge in [-0.25, -0.2) is 0 Å². The highest BCUT2D eigenvalue weighted by atomic mass is 14.5. The van der Waals surface area contributed by atoms with E-state index >= 15 is 0 Å². The average Bonchev–Trinajstić information content (AvgIpc) is 2.20. The van der Waals surface area contributed by atoms with E-state index in [-0.39, 0.29) is 0 Å². The second kappa shape index (κ2) is 4.80. The minimum Gasteiger partial charge on any atom is -0.330 e. The summed E-state index contributed by atoms with van der Waals surface area (Å²) in [7, 11) is 0. The number of hydrogen-bond acceptors (Lipinski definition) is 1. The first-order valence-corrected chi connectivity index (χ1v) is 5.78. The van der Waals surface area contributed by atoms with Crippen LogP contribution in [0, 0.1) is 13.8 Å². The lowest BCUT2D eigenvalue weighted by Gasteiger charge is -2.18. The van der Waals surface area contributed by atoms with Gasteiger partial charge in [-0.05, 0) is 54.5 Å². The molecule has 1 aromatic carbocycles. The van der Waals surface area contributed by atoms with E-state index in [4.69, 9.17) is 5.73 Å². The zero-order chi connectivity index (χ0) is 11.6. The molecule has 0 saturated heterocycles. The molecule has 0 saturated carbocycles. The highest BCUT2D eigenvalue weighted by Crippen LogP contribution is 2.26. The number of aryl methyl sites for hydroxylation is 1. The van der Waals surface area contributed by atoms with Gasteiger partial charge in [-0.1, -0.05) is 32.9 Å². The van der Waals surface area contributed by atoms with Crippen LogP contribution >= 0.6 is 0 Å². The summed E-state index contributed by atoms with van der Waals surface area (Å²) < 4.78 is 0. The molecule has 0 aliphatic carbocycles. The zero-order valence-electron chi connectivity index (χ0n) is 10.6. The summed E-state index contributed by atoms with van der Waals surface area (Å²) in [5.41, 5.74) is 11.4. The third-order valence-corrected chi connectivity index (χ3v) is 3.28. The van der Waals surface area contributed by atoms with Crippen molar-refractivity contribution >= 4 is 0 Å². The summed E-state index contributed by atoms with van der Waals surface area (Å²) in [6.45, 7) is 11.8. The maximum absolute atomic E-state index is 5.75. The second-order valence-corrected chi connectivity index (χ2v) is 4.84. The first kappa shape index (κ1) is 12.3. The smallest absolute Gasteiger partial charge is 0.00108 e. The van der Waals surface area contributed by atoms with E-state index in [1.165, 1.54) is 22.3 Å². The lowest BCUT2D eigenvalue weighted by atomic mass is 9.88. The van der Waals surface area contributed by atoms with Crippen LogP contribution in [0.4, 0.5) is 0 Å². The summed E-state index contributed by atoms with van der Waals surface area (Å²) >= 11 is 0. The SMILES string of the molecule is Cc1cc(C(C)C)cc(C(C)CN)c1C. The second-order valence-electron chi connectivity index (χ2n) is 4.84. The van der Waals surface area contributed by atoms with Gasteiger partial charge >= 0.3 is 0 Å². The maximum atomic E-state index is 5.75. The molecule has 0 radical (unpaired) electrons. The maximum Gasteiger partial charge on any atom is -0.00108 e. The van der Waals surface area contributed by atoms with E-state index in [2.05, 4.69) is 46.8 Å². The topological polar surface area (TPSA) is 26.0 Å².